The highest BCUT2D eigenvalue weighted by molar-refractivity contribution is 7.99. The van der Waals surface area contributed by atoms with Crippen LogP contribution < -0.4 is 5.73 Å². The molecule has 2 aromatic heterocycles. The Kier molecular flexibility index (Phi) is 2.87. The molecule has 0 aliphatic rings. The van der Waals surface area contributed by atoms with Crippen LogP contribution in [0.2, 0.25) is 0 Å². The first-order valence-corrected chi connectivity index (χ1v) is 5.39. The molecular formula is C11H11N3S. The normalized spacial score (nSPS) is 10.2. The van der Waals surface area contributed by atoms with Gasteiger partial charge in [0.15, 0.2) is 0 Å². The van der Waals surface area contributed by atoms with Crippen molar-refractivity contribution in [2.75, 3.05) is 5.73 Å². The van der Waals surface area contributed by atoms with Gasteiger partial charge in [0.25, 0.3) is 0 Å². The summed E-state index contributed by atoms with van der Waals surface area (Å²) in [5, 5.41) is 0.931. The lowest BCUT2D eigenvalue weighted by Gasteiger charge is -2.06. The van der Waals surface area contributed by atoms with Gasteiger partial charge < -0.3 is 5.73 Å². The van der Waals surface area contributed by atoms with Gasteiger partial charge >= 0.3 is 0 Å². The molecule has 0 amide bonds. The monoisotopic (exact) mass is 217 g/mol. The SMILES string of the molecule is Cc1nccc(N)c1Sc1ccccn1. The van der Waals surface area contributed by atoms with Gasteiger partial charge in [-0.15, -0.1) is 0 Å². The van der Waals surface area contributed by atoms with Gasteiger partial charge in [-0.25, -0.2) is 4.98 Å². The summed E-state index contributed by atoms with van der Waals surface area (Å²) in [5.74, 6) is 0. The third kappa shape index (κ3) is 2.27. The first kappa shape index (κ1) is 9.98. The summed E-state index contributed by atoms with van der Waals surface area (Å²) in [4.78, 5) is 9.43. The van der Waals surface area contributed by atoms with Crippen molar-refractivity contribution in [3.05, 3.63) is 42.4 Å². The summed E-state index contributed by atoms with van der Waals surface area (Å²) >= 11 is 1.54. The zero-order valence-corrected chi connectivity index (χ0v) is 9.16. The Morgan fingerprint density at radius 2 is 2.00 bits per heavy atom. The predicted molar refractivity (Wildman–Crippen MR) is 61.7 cm³/mol. The molecule has 76 valence electrons. The molecule has 0 saturated heterocycles. The summed E-state index contributed by atoms with van der Waals surface area (Å²) in [7, 11) is 0. The van der Waals surface area contributed by atoms with Gasteiger partial charge in [0.05, 0.1) is 10.6 Å². The quantitative estimate of drug-likeness (QED) is 0.839. The molecule has 4 heteroatoms. The number of nitrogen functional groups attached to an aromatic ring is 1. The number of aromatic nitrogens is 2. The maximum atomic E-state index is 5.88. The van der Waals surface area contributed by atoms with Crippen molar-refractivity contribution in [3.8, 4) is 0 Å². The van der Waals surface area contributed by atoms with Crippen molar-refractivity contribution in [1.82, 2.24) is 9.97 Å². The van der Waals surface area contributed by atoms with E-state index in [1.807, 2.05) is 25.1 Å². The fraction of sp³-hybridized carbons (Fsp3) is 0.0909. The number of hydrogen-bond donors (Lipinski definition) is 1. The summed E-state index contributed by atoms with van der Waals surface area (Å²) in [6, 6.07) is 7.61. The minimum atomic E-state index is 0.748. The number of hydrogen-bond acceptors (Lipinski definition) is 4. The summed E-state index contributed by atoms with van der Waals surface area (Å²) in [6.45, 7) is 1.95. The lowest BCUT2D eigenvalue weighted by Crippen LogP contribution is -1.93. The van der Waals surface area contributed by atoms with Gasteiger partial charge in [0.1, 0.15) is 5.03 Å². The molecule has 3 nitrogen and oxygen atoms in total. The second-order valence-electron chi connectivity index (χ2n) is 3.08. The molecule has 0 saturated carbocycles. The molecule has 0 bridgehead atoms. The van der Waals surface area contributed by atoms with Crippen LogP contribution in [0, 0.1) is 6.92 Å². The van der Waals surface area contributed by atoms with Crippen LogP contribution in [0.25, 0.3) is 0 Å². The van der Waals surface area contributed by atoms with Crippen LogP contribution >= 0.6 is 11.8 Å². The Bertz CT molecular complexity index is 436. The zero-order chi connectivity index (χ0) is 10.7. The van der Waals surface area contributed by atoms with E-state index in [1.165, 1.54) is 0 Å². The van der Waals surface area contributed by atoms with Crippen LogP contribution in [0.4, 0.5) is 5.69 Å². The van der Waals surface area contributed by atoms with Crippen molar-refractivity contribution in [3.63, 3.8) is 0 Å². The van der Waals surface area contributed by atoms with Crippen LogP contribution in [-0.2, 0) is 0 Å². The Morgan fingerprint density at radius 1 is 1.13 bits per heavy atom. The van der Waals surface area contributed by atoms with E-state index in [9.17, 15) is 0 Å². The molecule has 2 aromatic rings. The van der Waals surface area contributed by atoms with E-state index in [2.05, 4.69) is 9.97 Å². The van der Waals surface area contributed by atoms with Crippen LogP contribution in [0.3, 0.4) is 0 Å². The second kappa shape index (κ2) is 4.31. The van der Waals surface area contributed by atoms with Crippen molar-refractivity contribution in [2.24, 2.45) is 0 Å². The average Bonchev–Trinajstić information content (AvgIpc) is 2.25. The number of nitrogens with zero attached hydrogens (tertiary/aromatic N) is 2. The Hall–Kier alpha value is -1.55. The first-order chi connectivity index (χ1) is 7.27. The number of pyridine rings is 2. The average molecular weight is 217 g/mol. The van der Waals surface area contributed by atoms with Crippen molar-refractivity contribution >= 4 is 17.4 Å². The minimum Gasteiger partial charge on any atom is -0.398 e. The highest BCUT2D eigenvalue weighted by Crippen LogP contribution is 2.31. The summed E-state index contributed by atoms with van der Waals surface area (Å²) < 4.78 is 0. The van der Waals surface area contributed by atoms with Crippen LogP contribution in [0.5, 0.6) is 0 Å². The van der Waals surface area contributed by atoms with Crippen LogP contribution in [0.15, 0.2) is 46.6 Å². The number of anilines is 1. The van der Waals surface area contributed by atoms with E-state index in [4.69, 9.17) is 5.73 Å². The molecule has 2 rings (SSSR count). The minimum absolute atomic E-state index is 0.748. The van der Waals surface area contributed by atoms with Crippen LogP contribution in [-0.4, -0.2) is 9.97 Å². The molecule has 15 heavy (non-hydrogen) atoms. The molecule has 0 radical (unpaired) electrons. The zero-order valence-electron chi connectivity index (χ0n) is 8.34. The highest BCUT2D eigenvalue weighted by Gasteiger charge is 2.06. The topological polar surface area (TPSA) is 51.8 Å². The third-order valence-electron chi connectivity index (χ3n) is 1.96. The van der Waals surface area contributed by atoms with Gasteiger partial charge in [0, 0.05) is 18.1 Å². The summed E-state index contributed by atoms with van der Waals surface area (Å²) in [5.41, 5.74) is 7.56. The van der Waals surface area contributed by atoms with E-state index >= 15 is 0 Å². The lowest BCUT2D eigenvalue weighted by molar-refractivity contribution is 1.10. The van der Waals surface area contributed by atoms with Gasteiger partial charge in [-0.05, 0) is 25.1 Å². The Balaban J connectivity index is 2.32. The van der Waals surface area contributed by atoms with Gasteiger partial charge in [0.2, 0.25) is 0 Å². The molecule has 0 aromatic carbocycles. The molecule has 0 unspecified atom stereocenters. The standard InChI is InChI=1S/C11H11N3S/c1-8-11(9(12)5-7-13-8)15-10-4-2-3-6-14-10/h2-7H,1H3,(H2,12,13). The lowest BCUT2D eigenvalue weighted by atomic mass is 10.3. The van der Waals surface area contributed by atoms with E-state index in [0.717, 1.165) is 21.3 Å². The predicted octanol–water partition coefficient (Wildman–Crippen LogP) is 2.52. The molecule has 2 heterocycles. The molecule has 0 spiro atoms. The van der Waals surface area contributed by atoms with Gasteiger partial charge in [-0.2, -0.15) is 0 Å². The molecule has 0 fully saturated rings. The smallest absolute Gasteiger partial charge is 0.101 e. The number of nitrogens with two attached hydrogens (primary N) is 1. The largest absolute Gasteiger partial charge is 0.398 e. The molecule has 2 N–H and O–H groups in total. The summed E-state index contributed by atoms with van der Waals surface area (Å²) in [6.07, 6.45) is 3.48. The first-order valence-electron chi connectivity index (χ1n) is 4.57. The number of rotatable bonds is 2. The molecular weight excluding hydrogens is 206 g/mol. The van der Waals surface area contributed by atoms with Gasteiger partial charge in [-0.3, -0.25) is 4.98 Å². The van der Waals surface area contributed by atoms with Crippen molar-refractivity contribution in [2.45, 2.75) is 16.8 Å². The van der Waals surface area contributed by atoms with E-state index in [1.54, 1.807) is 30.2 Å². The van der Waals surface area contributed by atoms with Crippen molar-refractivity contribution in [1.29, 1.82) is 0 Å². The Morgan fingerprint density at radius 3 is 2.67 bits per heavy atom. The van der Waals surface area contributed by atoms with E-state index in [0.29, 0.717) is 0 Å². The van der Waals surface area contributed by atoms with Crippen molar-refractivity contribution < 1.29 is 0 Å². The second-order valence-corrected chi connectivity index (χ2v) is 4.12. The number of aryl methyl sites for hydroxylation is 1. The van der Waals surface area contributed by atoms with E-state index in [-0.39, 0.29) is 0 Å². The van der Waals surface area contributed by atoms with Crippen LogP contribution in [0.1, 0.15) is 5.69 Å². The molecule has 0 aliphatic heterocycles. The van der Waals surface area contributed by atoms with Gasteiger partial charge in [-0.1, -0.05) is 17.8 Å². The molecule has 0 aliphatic carbocycles. The maximum absolute atomic E-state index is 5.88. The maximum Gasteiger partial charge on any atom is 0.101 e. The third-order valence-corrected chi connectivity index (χ3v) is 3.14. The highest BCUT2D eigenvalue weighted by atomic mass is 32.2. The van der Waals surface area contributed by atoms with E-state index < -0.39 is 0 Å². The fourth-order valence-electron chi connectivity index (χ4n) is 1.22. The molecule has 0 atom stereocenters. The fourth-order valence-corrected chi connectivity index (χ4v) is 2.07. The Labute approximate surface area is 92.8 Å².